The predicted octanol–water partition coefficient (Wildman–Crippen LogP) is 1.16. The number of hydrogen-bond acceptors (Lipinski definition) is 4. The van der Waals surface area contributed by atoms with Gasteiger partial charge in [0.1, 0.15) is 5.76 Å². The van der Waals surface area contributed by atoms with E-state index in [2.05, 4.69) is 10.6 Å². The van der Waals surface area contributed by atoms with E-state index in [0.29, 0.717) is 25.6 Å². The molecular formula is C18H28N4O3. The summed E-state index contributed by atoms with van der Waals surface area (Å²) in [4.78, 5) is 18.2. The standard InChI is InChI=1S/C18H28N4O3/c1-22-13-15(4-5-17(22)23)21-18(20-14-7-11-24-12-8-14)19-9-6-16-3-2-10-25-16/h2-3,10,14-15H,4-9,11-13H2,1H3,(H2,19,20,21). The fourth-order valence-corrected chi connectivity index (χ4v) is 3.22. The van der Waals surface area contributed by atoms with E-state index in [0.717, 1.165) is 50.6 Å². The van der Waals surface area contributed by atoms with Gasteiger partial charge in [-0.2, -0.15) is 0 Å². The summed E-state index contributed by atoms with van der Waals surface area (Å²) in [5, 5.41) is 7.04. The third-order valence-corrected chi connectivity index (χ3v) is 4.74. The van der Waals surface area contributed by atoms with Gasteiger partial charge in [0.25, 0.3) is 0 Å². The molecule has 1 amide bonds. The number of likely N-dealkylation sites (N-methyl/N-ethyl adjacent to an activating group) is 1. The van der Waals surface area contributed by atoms with Gasteiger partial charge < -0.3 is 24.7 Å². The Bertz CT molecular complexity index is 567. The zero-order valence-corrected chi connectivity index (χ0v) is 14.9. The maximum absolute atomic E-state index is 11.7. The molecule has 1 aromatic rings. The normalized spacial score (nSPS) is 22.9. The minimum atomic E-state index is 0.215. The van der Waals surface area contributed by atoms with Crippen LogP contribution in [0.1, 0.15) is 31.4 Å². The van der Waals surface area contributed by atoms with Gasteiger partial charge >= 0.3 is 0 Å². The Labute approximate surface area is 148 Å². The number of rotatable bonds is 5. The summed E-state index contributed by atoms with van der Waals surface area (Å²) in [6, 6.07) is 4.48. The summed E-state index contributed by atoms with van der Waals surface area (Å²) in [7, 11) is 1.86. The average Bonchev–Trinajstić information content (AvgIpc) is 3.12. The molecule has 2 saturated heterocycles. The first-order chi connectivity index (χ1) is 12.2. The SMILES string of the molecule is CN1CC(NC(=NCCc2ccco2)NC2CCOCC2)CCC1=O. The smallest absolute Gasteiger partial charge is 0.222 e. The van der Waals surface area contributed by atoms with Gasteiger partial charge in [-0.1, -0.05) is 0 Å². The number of nitrogens with one attached hydrogen (secondary N) is 2. The number of ether oxygens (including phenoxy) is 1. The molecule has 2 aliphatic heterocycles. The second-order valence-corrected chi connectivity index (χ2v) is 6.74. The molecule has 1 aromatic heterocycles. The van der Waals surface area contributed by atoms with E-state index in [4.69, 9.17) is 14.1 Å². The topological polar surface area (TPSA) is 79.1 Å². The Morgan fingerprint density at radius 1 is 1.28 bits per heavy atom. The summed E-state index contributed by atoms with van der Waals surface area (Å²) < 4.78 is 10.8. The molecule has 3 rings (SSSR count). The largest absolute Gasteiger partial charge is 0.469 e. The minimum absolute atomic E-state index is 0.215. The molecule has 0 aromatic carbocycles. The van der Waals surface area contributed by atoms with Crippen molar-refractivity contribution in [2.75, 3.05) is 33.4 Å². The summed E-state index contributed by atoms with van der Waals surface area (Å²) in [6.07, 6.45) is 5.87. The highest BCUT2D eigenvalue weighted by molar-refractivity contribution is 5.81. The number of carbonyl (C=O) groups is 1. The summed E-state index contributed by atoms with van der Waals surface area (Å²) >= 11 is 0. The van der Waals surface area contributed by atoms with Gasteiger partial charge in [-0.25, -0.2) is 0 Å². The van der Waals surface area contributed by atoms with Crippen molar-refractivity contribution in [1.82, 2.24) is 15.5 Å². The third kappa shape index (κ3) is 5.49. The van der Waals surface area contributed by atoms with Gasteiger partial charge in [-0.3, -0.25) is 9.79 Å². The van der Waals surface area contributed by atoms with Crippen LogP contribution in [0.15, 0.2) is 27.8 Å². The lowest BCUT2D eigenvalue weighted by Crippen LogP contribution is -2.54. The van der Waals surface area contributed by atoms with Crippen molar-refractivity contribution in [3.05, 3.63) is 24.2 Å². The molecule has 0 saturated carbocycles. The minimum Gasteiger partial charge on any atom is -0.469 e. The molecule has 0 spiro atoms. The molecule has 0 bridgehead atoms. The van der Waals surface area contributed by atoms with Crippen molar-refractivity contribution in [2.24, 2.45) is 4.99 Å². The lowest BCUT2D eigenvalue weighted by molar-refractivity contribution is -0.132. The highest BCUT2D eigenvalue weighted by atomic mass is 16.5. The van der Waals surface area contributed by atoms with Crippen LogP contribution in [0.2, 0.25) is 0 Å². The fraction of sp³-hybridized carbons (Fsp3) is 0.667. The molecule has 2 N–H and O–H groups in total. The second-order valence-electron chi connectivity index (χ2n) is 6.74. The van der Waals surface area contributed by atoms with Crippen LogP contribution in [0, 0.1) is 0 Å². The number of piperidine rings is 1. The Kier molecular flexibility index (Phi) is 6.33. The maximum atomic E-state index is 11.7. The van der Waals surface area contributed by atoms with Crippen LogP contribution in [0.3, 0.4) is 0 Å². The monoisotopic (exact) mass is 348 g/mol. The highest BCUT2D eigenvalue weighted by Gasteiger charge is 2.24. The number of guanidine groups is 1. The first-order valence-corrected chi connectivity index (χ1v) is 9.12. The number of aliphatic imine (C=N–C) groups is 1. The van der Waals surface area contributed by atoms with Crippen LogP contribution in [-0.2, 0) is 16.0 Å². The number of likely N-dealkylation sites (tertiary alicyclic amines) is 1. The van der Waals surface area contributed by atoms with Crippen molar-refractivity contribution in [3.63, 3.8) is 0 Å². The lowest BCUT2D eigenvalue weighted by atomic mass is 10.1. The van der Waals surface area contributed by atoms with Crippen LogP contribution < -0.4 is 10.6 Å². The third-order valence-electron chi connectivity index (χ3n) is 4.74. The molecule has 1 unspecified atom stereocenters. The Morgan fingerprint density at radius 2 is 2.08 bits per heavy atom. The zero-order chi connectivity index (χ0) is 17.5. The van der Waals surface area contributed by atoms with Gasteiger partial charge in [0.05, 0.1) is 6.26 Å². The van der Waals surface area contributed by atoms with E-state index in [1.165, 1.54) is 0 Å². The van der Waals surface area contributed by atoms with E-state index in [1.807, 2.05) is 19.2 Å². The van der Waals surface area contributed by atoms with Crippen LogP contribution in [0.4, 0.5) is 0 Å². The summed E-state index contributed by atoms with van der Waals surface area (Å²) in [5.74, 6) is 1.98. The average molecular weight is 348 g/mol. The lowest BCUT2D eigenvalue weighted by Gasteiger charge is -2.32. The molecule has 0 aliphatic carbocycles. The molecule has 7 nitrogen and oxygen atoms in total. The molecule has 7 heteroatoms. The Balaban J connectivity index is 1.57. The van der Waals surface area contributed by atoms with Crippen molar-refractivity contribution in [2.45, 2.75) is 44.2 Å². The summed E-state index contributed by atoms with van der Waals surface area (Å²) in [5.41, 5.74) is 0. The first-order valence-electron chi connectivity index (χ1n) is 9.12. The summed E-state index contributed by atoms with van der Waals surface area (Å²) in [6.45, 7) is 2.95. The first kappa shape index (κ1) is 17.8. The zero-order valence-electron chi connectivity index (χ0n) is 14.9. The molecule has 2 fully saturated rings. The molecule has 25 heavy (non-hydrogen) atoms. The quantitative estimate of drug-likeness (QED) is 0.617. The van der Waals surface area contributed by atoms with Crippen LogP contribution in [0.25, 0.3) is 0 Å². The van der Waals surface area contributed by atoms with Crippen LogP contribution in [-0.4, -0.2) is 62.2 Å². The Hall–Kier alpha value is -2.02. The molecule has 138 valence electrons. The van der Waals surface area contributed by atoms with Gasteiger partial charge in [0, 0.05) is 58.3 Å². The predicted molar refractivity (Wildman–Crippen MR) is 95.5 cm³/mol. The molecule has 1 atom stereocenters. The number of nitrogens with zero attached hydrogens (tertiary/aromatic N) is 2. The van der Waals surface area contributed by atoms with Crippen molar-refractivity contribution >= 4 is 11.9 Å². The van der Waals surface area contributed by atoms with Crippen LogP contribution >= 0.6 is 0 Å². The van der Waals surface area contributed by atoms with Gasteiger partial charge in [-0.05, 0) is 31.4 Å². The van der Waals surface area contributed by atoms with E-state index in [1.54, 1.807) is 11.2 Å². The van der Waals surface area contributed by atoms with E-state index < -0.39 is 0 Å². The molecule has 0 radical (unpaired) electrons. The number of hydrogen-bond donors (Lipinski definition) is 2. The number of furan rings is 1. The molecule has 2 aliphatic rings. The van der Waals surface area contributed by atoms with Crippen molar-refractivity contribution in [3.8, 4) is 0 Å². The fourth-order valence-electron chi connectivity index (χ4n) is 3.22. The van der Waals surface area contributed by atoms with Gasteiger partial charge in [0.2, 0.25) is 5.91 Å². The van der Waals surface area contributed by atoms with Crippen molar-refractivity contribution in [1.29, 1.82) is 0 Å². The van der Waals surface area contributed by atoms with Crippen molar-refractivity contribution < 1.29 is 13.9 Å². The highest BCUT2D eigenvalue weighted by Crippen LogP contribution is 2.11. The van der Waals surface area contributed by atoms with Gasteiger partial charge in [-0.15, -0.1) is 0 Å². The van der Waals surface area contributed by atoms with E-state index >= 15 is 0 Å². The van der Waals surface area contributed by atoms with Gasteiger partial charge in [0.15, 0.2) is 5.96 Å². The number of carbonyl (C=O) groups excluding carboxylic acids is 1. The van der Waals surface area contributed by atoms with E-state index in [-0.39, 0.29) is 11.9 Å². The Morgan fingerprint density at radius 3 is 2.80 bits per heavy atom. The second kappa shape index (κ2) is 8.89. The van der Waals surface area contributed by atoms with Crippen LogP contribution in [0.5, 0.6) is 0 Å². The molecular weight excluding hydrogens is 320 g/mol. The molecule has 3 heterocycles. The van der Waals surface area contributed by atoms with E-state index in [9.17, 15) is 4.79 Å². The maximum Gasteiger partial charge on any atom is 0.222 e. The number of amides is 1.